The summed E-state index contributed by atoms with van der Waals surface area (Å²) in [4.78, 5) is 36.6. The van der Waals surface area contributed by atoms with Crippen molar-refractivity contribution in [3.8, 4) is 0 Å². The Balaban J connectivity index is 1.70. The third-order valence-electron chi connectivity index (χ3n) is 4.75. The van der Waals surface area contributed by atoms with Crippen LogP contribution < -0.4 is 16.0 Å². The molecule has 0 bridgehead atoms. The number of carbonyl (C=O) groups excluding carboxylic acids is 3. The number of benzene rings is 2. The maximum atomic E-state index is 12.8. The Hall–Kier alpha value is -2.86. The predicted molar refractivity (Wildman–Crippen MR) is 111 cm³/mol. The summed E-state index contributed by atoms with van der Waals surface area (Å²) in [6.45, 7) is 5.22. The standard InChI is InChI=1S/C21H22ClN3O3/c1-12-10-13(2)18(17(22)11-12)25-20(28)21(8-9-21)19(27)24-16-6-4-15(5-7-16)23-14(3)26/h4-7,10-11H,8-9H2,1-3H3,(H,23,26)(H,24,27)(H,25,28). The van der Waals surface area contributed by atoms with Crippen LogP contribution >= 0.6 is 11.6 Å². The highest BCUT2D eigenvalue weighted by molar-refractivity contribution is 6.34. The van der Waals surface area contributed by atoms with Crippen LogP contribution in [-0.2, 0) is 14.4 Å². The third-order valence-corrected chi connectivity index (χ3v) is 5.05. The molecule has 3 rings (SSSR count). The fourth-order valence-corrected chi connectivity index (χ4v) is 3.45. The van der Waals surface area contributed by atoms with E-state index in [1.54, 1.807) is 30.3 Å². The van der Waals surface area contributed by atoms with Crippen LogP contribution in [0.15, 0.2) is 36.4 Å². The van der Waals surface area contributed by atoms with Gasteiger partial charge < -0.3 is 16.0 Å². The maximum Gasteiger partial charge on any atom is 0.240 e. The summed E-state index contributed by atoms with van der Waals surface area (Å²) in [6, 6.07) is 10.4. The molecular formula is C21H22ClN3O3. The first-order valence-electron chi connectivity index (χ1n) is 8.98. The summed E-state index contributed by atoms with van der Waals surface area (Å²) in [5.41, 5.74) is 2.49. The molecule has 0 radical (unpaired) electrons. The summed E-state index contributed by atoms with van der Waals surface area (Å²) in [7, 11) is 0. The van der Waals surface area contributed by atoms with Gasteiger partial charge in [0.05, 0.1) is 10.7 Å². The van der Waals surface area contributed by atoms with E-state index in [0.29, 0.717) is 34.9 Å². The molecule has 0 aromatic heterocycles. The van der Waals surface area contributed by atoms with Gasteiger partial charge in [-0.1, -0.05) is 17.7 Å². The van der Waals surface area contributed by atoms with Gasteiger partial charge in [-0.25, -0.2) is 0 Å². The van der Waals surface area contributed by atoms with Crippen molar-refractivity contribution in [2.45, 2.75) is 33.6 Å². The highest BCUT2D eigenvalue weighted by Gasteiger charge is 2.56. The molecular weight excluding hydrogens is 378 g/mol. The van der Waals surface area contributed by atoms with Gasteiger partial charge in [0.15, 0.2) is 0 Å². The zero-order valence-electron chi connectivity index (χ0n) is 16.0. The molecule has 6 nitrogen and oxygen atoms in total. The van der Waals surface area contributed by atoms with E-state index in [9.17, 15) is 14.4 Å². The molecule has 0 unspecified atom stereocenters. The third kappa shape index (κ3) is 4.17. The fourth-order valence-electron chi connectivity index (χ4n) is 3.08. The van der Waals surface area contributed by atoms with Crippen LogP contribution in [0.3, 0.4) is 0 Å². The van der Waals surface area contributed by atoms with Crippen LogP contribution in [0.2, 0.25) is 5.02 Å². The number of nitrogens with one attached hydrogen (secondary N) is 3. The van der Waals surface area contributed by atoms with E-state index in [-0.39, 0.29) is 17.7 Å². The molecule has 3 N–H and O–H groups in total. The Bertz CT molecular complexity index is 927. The zero-order chi connectivity index (χ0) is 20.5. The summed E-state index contributed by atoms with van der Waals surface area (Å²) in [5.74, 6) is -0.873. The number of hydrogen-bond acceptors (Lipinski definition) is 3. The van der Waals surface area contributed by atoms with Crippen molar-refractivity contribution in [3.05, 3.63) is 52.5 Å². The van der Waals surface area contributed by atoms with Crippen LogP contribution in [-0.4, -0.2) is 17.7 Å². The van der Waals surface area contributed by atoms with E-state index < -0.39 is 5.41 Å². The Morgan fingerprint density at radius 2 is 1.43 bits per heavy atom. The Morgan fingerprint density at radius 3 is 1.93 bits per heavy atom. The van der Waals surface area contributed by atoms with Gasteiger partial charge in [0.1, 0.15) is 5.41 Å². The summed E-state index contributed by atoms with van der Waals surface area (Å²) < 4.78 is 0. The first kappa shape index (κ1) is 19.9. The van der Waals surface area contributed by atoms with Crippen molar-refractivity contribution in [1.29, 1.82) is 0 Å². The normalized spacial score (nSPS) is 14.1. The van der Waals surface area contributed by atoms with Crippen LogP contribution in [0.1, 0.15) is 30.9 Å². The lowest BCUT2D eigenvalue weighted by molar-refractivity contribution is -0.131. The number of rotatable bonds is 5. The quantitative estimate of drug-likeness (QED) is 0.656. The lowest BCUT2D eigenvalue weighted by atomic mass is 10.0. The Kier molecular flexibility index (Phi) is 5.42. The number of carbonyl (C=O) groups is 3. The van der Waals surface area contributed by atoms with Gasteiger partial charge in [0.2, 0.25) is 17.7 Å². The molecule has 1 saturated carbocycles. The van der Waals surface area contributed by atoms with Gasteiger partial charge in [0.25, 0.3) is 0 Å². The second-order valence-corrected chi connectivity index (χ2v) is 7.59. The molecule has 7 heteroatoms. The van der Waals surface area contributed by atoms with Crippen molar-refractivity contribution >= 4 is 46.4 Å². The number of anilines is 3. The largest absolute Gasteiger partial charge is 0.326 e. The lowest BCUT2D eigenvalue weighted by Gasteiger charge is -2.18. The summed E-state index contributed by atoms with van der Waals surface area (Å²) in [5, 5.41) is 8.73. The average molecular weight is 400 g/mol. The first-order chi connectivity index (χ1) is 13.2. The molecule has 2 aromatic carbocycles. The minimum atomic E-state index is -1.09. The molecule has 2 aromatic rings. The molecule has 28 heavy (non-hydrogen) atoms. The van der Waals surface area contributed by atoms with E-state index in [0.717, 1.165) is 11.1 Å². The lowest BCUT2D eigenvalue weighted by Crippen LogP contribution is -2.35. The second kappa shape index (κ2) is 7.64. The highest BCUT2D eigenvalue weighted by Crippen LogP contribution is 2.48. The number of halogens is 1. The van der Waals surface area contributed by atoms with E-state index in [1.807, 2.05) is 19.9 Å². The van der Waals surface area contributed by atoms with E-state index in [2.05, 4.69) is 16.0 Å². The topological polar surface area (TPSA) is 87.3 Å². The Morgan fingerprint density at radius 1 is 0.893 bits per heavy atom. The molecule has 0 atom stereocenters. The molecule has 1 fully saturated rings. The van der Waals surface area contributed by atoms with Crippen molar-refractivity contribution in [2.75, 3.05) is 16.0 Å². The number of amides is 3. The van der Waals surface area contributed by atoms with Crippen molar-refractivity contribution in [1.82, 2.24) is 0 Å². The van der Waals surface area contributed by atoms with Crippen LogP contribution in [0.25, 0.3) is 0 Å². The zero-order valence-corrected chi connectivity index (χ0v) is 16.7. The summed E-state index contributed by atoms with van der Waals surface area (Å²) >= 11 is 6.26. The van der Waals surface area contributed by atoms with Gasteiger partial charge >= 0.3 is 0 Å². The number of aryl methyl sites for hydroxylation is 2. The van der Waals surface area contributed by atoms with Crippen molar-refractivity contribution in [2.24, 2.45) is 5.41 Å². The monoisotopic (exact) mass is 399 g/mol. The minimum Gasteiger partial charge on any atom is -0.326 e. The average Bonchev–Trinajstić information content (AvgIpc) is 3.41. The molecule has 146 valence electrons. The molecule has 0 saturated heterocycles. The molecule has 0 heterocycles. The van der Waals surface area contributed by atoms with E-state index in [4.69, 9.17) is 11.6 Å². The first-order valence-corrected chi connectivity index (χ1v) is 9.36. The van der Waals surface area contributed by atoms with Gasteiger partial charge in [0, 0.05) is 18.3 Å². The van der Waals surface area contributed by atoms with Gasteiger partial charge in [-0.05, 0) is 68.1 Å². The van der Waals surface area contributed by atoms with E-state index >= 15 is 0 Å². The number of hydrogen-bond donors (Lipinski definition) is 3. The van der Waals surface area contributed by atoms with Crippen molar-refractivity contribution in [3.63, 3.8) is 0 Å². The smallest absolute Gasteiger partial charge is 0.240 e. The molecule has 0 aliphatic heterocycles. The van der Waals surface area contributed by atoms with Crippen LogP contribution in [0, 0.1) is 19.3 Å². The van der Waals surface area contributed by atoms with Gasteiger partial charge in [-0.2, -0.15) is 0 Å². The molecule has 1 aliphatic rings. The molecule has 3 amide bonds. The fraction of sp³-hybridized carbons (Fsp3) is 0.286. The Labute approximate surface area is 168 Å². The highest BCUT2D eigenvalue weighted by atomic mass is 35.5. The van der Waals surface area contributed by atoms with E-state index in [1.165, 1.54) is 6.92 Å². The second-order valence-electron chi connectivity index (χ2n) is 7.19. The van der Waals surface area contributed by atoms with Gasteiger partial charge in [-0.3, -0.25) is 14.4 Å². The molecule has 0 spiro atoms. The minimum absolute atomic E-state index is 0.171. The summed E-state index contributed by atoms with van der Waals surface area (Å²) in [6.07, 6.45) is 0.967. The predicted octanol–water partition coefficient (Wildman–Crippen LogP) is 4.27. The molecule has 1 aliphatic carbocycles. The maximum absolute atomic E-state index is 12.8. The van der Waals surface area contributed by atoms with Crippen molar-refractivity contribution < 1.29 is 14.4 Å². The SMILES string of the molecule is CC(=O)Nc1ccc(NC(=O)C2(C(=O)Nc3c(C)cc(C)cc3Cl)CC2)cc1. The van der Waals surface area contributed by atoms with Gasteiger partial charge in [-0.15, -0.1) is 0 Å². The van der Waals surface area contributed by atoms with Crippen LogP contribution in [0.4, 0.5) is 17.1 Å². The van der Waals surface area contributed by atoms with Crippen LogP contribution in [0.5, 0.6) is 0 Å².